The molecule has 0 heterocycles. The van der Waals surface area contributed by atoms with E-state index in [1.54, 1.807) is 0 Å². The number of carboxylic acids is 2. The molecule has 186 valence electrons. The summed E-state index contributed by atoms with van der Waals surface area (Å²) in [7, 11) is 0. The lowest BCUT2D eigenvalue weighted by atomic mass is 10.1. The fraction of sp³-hybridized carbons (Fsp3) is 0.588. The summed E-state index contributed by atoms with van der Waals surface area (Å²) in [6.07, 6.45) is -3.93. The summed E-state index contributed by atoms with van der Waals surface area (Å²) >= 11 is 0. The van der Waals surface area contributed by atoms with Crippen LogP contribution in [0.2, 0.25) is 0 Å². The van der Waals surface area contributed by atoms with E-state index in [0.717, 1.165) is 0 Å². The number of nitrogens with one attached hydrogen (secondary N) is 3. The first-order chi connectivity index (χ1) is 15.1. The highest BCUT2D eigenvalue weighted by atomic mass is 16.4. The van der Waals surface area contributed by atoms with Gasteiger partial charge in [0.25, 0.3) is 0 Å². The van der Waals surface area contributed by atoms with Crippen molar-refractivity contribution in [2.24, 2.45) is 17.2 Å². The highest BCUT2D eigenvalue weighted by Gasteiger charge is 2.32. The molecule has 5 unspecified atom stereocenters. The Balaban J connectivity index is 5.61. The lowest BCUT2D eigenvalue weighted by Gasteiger charge is -2.24. The number of carbonyl (C=O) groups excluding carboxylic acids is 5. The highest BCUT2D eigenvalue weighted by molar-refractivity contribution is 5.96. The van der Waals surface area contributed by atoms with Crippen molar-refractivity contribution in [2.75, 3.05) is 0 Å². The first-order valence-electron chi connectivity index (χ1n) is 9.51. The lowest BCUT2D eigenvalue weighted by Crippen LogP contribution is -2.58. The smallest absolute Gasteiger partial charge is 0.326 e. The van der Waals surface area contributed by atoms with Gasteiger partial charge >= 0.3 is 11.9 Å². The minimum Gasteiger partial charge on any atom is -0.481 e. The zero-order chi connectivity index (χ0) is 25.9. The van der Waals surface area contributed by atoms with Crippen molar-refractivity contribution in [1.29, 1.82) is 0 Å². The molecule has 0 aromatic heterocycles. The van der Waals surface area contributed by atoms with Gasteiger partial charge in [-0.05, 0) is 13.3 Å². The number of hydrogen-bond acceptors (Lipinski definition) is 9. The van der Waals surface area contributed by atoms with Gasteiger partial charge in [-0.25, -0.2) is 4.79 Å². The molecule has 0 aliphatic carbocycles. The van der Waals surface area contributed by atoms with Crippen molar-refractivity contribution in [2.45, 2.75) is 62.9 Å². The van der Waals surface area contributed by atoms with Gasteiger partial charge in [-0.1, -0.05) is 0 Å². The molecule has 0 rings (SSSR count). The van der Waals surface area contributed by atoms with Crippen molar-refractivity contribution in [3.05, 3.63) is 0 Å². The number of aliphatic hydroxyl groups is 1. The van der Waals surface area contributed by atoms with E-state index in [2.05, 4.69) is 10.6 Å². The normalized spacial score (nSPS) is 15.1. The van der Waals surface area contributed by atoms with Gasteiger partial charge in [0.15, 0.2) is 0 Å². The summed E-state index contributed by atoms with van der Waals surface area (Å²) in [5.41, 5.74) is 15.4. The van der Waals surface area contributed by atoms with Gasteiger partial charge in [-0.3, -0.25) is 28.8 Å². The second-order valence-corrected chi connectivity index (χ2v) is 7.06. The average molecular weight is 476 g/mol. The largest absolute Gasteiger partial charge is 0.481 e. The SMILES string of the molecule is CC(O)C(N)C(=O)NC(CCC(=O)O)C(=O)NC(CC(N)=O)C(=O)NC(CC(N)=O)C(=O)O. The van der Waals surface area contributed by atoms with Gasteiger partial charge in [0.05, 0.1) is 18.9 Å². The number of carbonyl (C=O) groups is 7. The van der Waals surface area contributed by atoms with Crippen LogP contribution in [0.15, 0.2) is 0 Å². The molecule has 0 spiro atoms. The molecule has 16 nitrogen and oxygen atoms in total. The number of aliphatic carboxylic acids is 2. The standard InChI is InChI=1S/C17H28N6O10/c1-6(24)13(20)16(31)21-7(2-3-12(27)28)14(29)22-8(4-10(18)25)15(30)23-9(17(32)33)5-11(19)26/h6-9,13,24H,2-5,20H2,1H3,(H2,18,25)(H2,19,26)(H,21,31)(H,22,29)(H,23,30)(H,27,28)(H,32,33). The van der Waals surface area contributed by atoms with Crippen molar-refractivity contribution >= 4 is 41.5 Å². The summed E-state index contributed by atoms with van der Waals surface area (Å²) in [6.45, 7) is 1.20. The van der Waals surface area contributed by atoms with Gasteiger partial charge in [0, 0.05) is 6.42 Å². The molecule has 5 atom stereocenters. The third kappa shape index (κ3) is 11.4. The maximum atomic E-state index is 12.6. The first-order valence-corrected chi connectivity index (χ1v) is 9.51. The van der Waals surface area contributed by atoms with E-state index >= 15 is 0 Å². The summed E-state index contributed by atoms with van der Waals surface area (Å²) < 4.78 is 0. The second-order valence-electron chi connectivity index (χ2n) is 7.06. The molecule has 16 heteroatoms. The maximum absolute atomic E-state index is 12.6. The Morgan fingerprint density at radius 1 is 0.758 bits per heavy atom. The maximum Gasteiger partial charge on any atom is 0.326 e. The van der Waals surface area contributed by atoms with Gasteiger partial charge in [0.1, 0.15) is 24.2 Å². The monoisotopic (exact) mass is 476 g/mol. The Kier molecular flexibility index (Phi) is 12.0. The minimum atomic E-state index is -1.77. The van der Waals surface area contributed by atoms with Crippen LogP contribution in [0.5, 0.6) is 0 Å². The number of nitrogens with two attached hydrogens (primary N) is 3. The molecule has 0 radical (unpaired) electrons. The van der Waals surface area contributed by atoms with E-state index in [0.29, 0.717) is 0 Å². The Hall–Kier alpha value is -3.79. The topological polar surface area (TPSA) is 294 Å². The van der Waals surface area contributed by atoms with E-state index in [1.807, 2.05) is 5.32 Å². The number of rotatable bonds is 15. The van der Waals surface area contributed by atoms with E-state index in [9.17, 15) is 38.7 Å². The van der Waals surface area contributed by atoms with Crippen LogP contribution in [-0.4, -0.2) is 87.1 Å². The summed E-state index contributed by atoms with van der Waals surface area (Å²) in [5.74, 6) is -8.39. The molecular formula is C17H28N6O10. The van der Waals surface area contributed by atoms with Crippen LogP contribution in [0.1, 0.15) is 32.6 Å². The highest BCUT2D eigenvalue weighted by Crippen LogP contribution is 2.03. The average Bonchev–Trinajstić information content (AvgIpc) is 2.67. The zero-order valence-corrected chi connectivity index (χ0v) is 17.6. The molecule has 0 aromatic carbocycles. The molecule has 0 saturated carbocycles. The molecule has 0 saturated heterocycles. The summed E-state index contributed by atoms with van der Waals surface area (Å²) in [6, 6.07) is -6.52. The Morgan fingerprint density at radius 3 is 1.61 bits per heavy atom. The van der Waals surface area contributed by atoms with Crippen LogP contribution in [0, 0.1) is 0 Å². The lowest BCUT2D eigenvalue weighted by molar-refractivity contribution is -0.144. The molecule has 0 aromatic rings. The Labute approximate surface area is 187 Å². The number of primary amides is 2. The van der Waals surface area contributed by atoms with Gasteiger partial charge in [0.2, 0.25) is 29.5 Å². The van der Waals surface area contributed by atoms with Gasteiger partial charge in [-0.2, -0.15) is 0 Å². The predicted molar refractivity (Wildman–Crippen MR) is 108 cm³/mol. The van der Waals surface area contributed by atoms with Crippen LogP contribution in [0.4, 0.5) is 0 Å². The number of aliphatic hydroxyl groups excluding tert-OH is 1. The number of amides is 5. The number of carboxylic acid groups (broad SMARTS) is 2. The minimum absolute atomic E-state index is 0.455. The van der Waals surface area contributed by atoms with E-state index in [-0.39, 0.29) is 0 Å². The van der Waals surface area contributed by atoms with E-state index in [1.165, 1.54) is 6.92 Å². The van der Waals surface area contributed by atoms with Gasteiger partial charge < -0.3 is 48.5 Å². The van der Waals surface area contributed by atoms with Crippen LogP contribution in [0.3, 0.4) is 0 Å². The van der Waals surface area contributed by atoms with Crippen molar-refractivity contribution in [3.8, 4) is 0 Å². The Morgan fingerprint density at radius 2 is 1.18 bits per heavy atom. The summed E-state index contributed by atoms with van der Waals surface area (Å²) in [4.78, 5) is 81.5. The fourth-order valence-electron chi connectivity index (χ4n) is 2.38. The second kappa shape index (κ2) is 13.6. The van der Waals surface area contributed by atoms with Crippen LogP contribution >= 0.6 is 0 Å². The molecule has 0 bridgehead atoms. The molecule has 0 fully saturated rings. The Bertz CT molecular complexity index is 786. The van der Waals surface area contributed by atoms with E-state index in [4.69, 9.17) is 27.4 Å². The molecule has 12 N–H and O–H groups in total. The van der Waals surface area contributed by atoms with Crippen molar-refractivity contribution < 1.29 is 48.9 Å². The van der Waals surface area contributed by atoms with Crippen LogP contribution in [0.25, 0.3) is 0 Å². The zero-order valence-electron chi connectivity index (χ0n) is 17.6. The molecule has 33 heavy (non-hydrogen) atoms. The van der Waals surface area contributed by atoms with Crippen LogP contribution in [-0.2, 0) is 33.6 Å². The van der Waals surface area contributed by atoms with Gasteiger partial charge in [-0.15, -0.1) is 0 Å². The fourth-order valence-corrected chi connectivity index (χ4v) is 2.38. The van der Waals surface area contributed by atoms with Crippen molar-refractivity contribution in [1.82, 2.24) is 16.0 Å². The van der Waals surface area contributed by atoms with Crippen LogP contribution < -0.4 is 33.2 Å². The third-order valence-electron chi connectivity index (χ3n) is 4.16. The summed E-state index contributed by atoms with van der Waals surface area (Å²) in [5, 5.41) is 33.5. The number of hydrogen-bond donors (Lipinski definition) is 9. The molecular weight excluding hydrogens is 448 g/mol. The molecule has 0 aliphatic heterocycles. The first kappa shape index (κ1) is 29.2. The quantitative estimate of drug-likeness (QED) is 0.108. The molecule has 5 amide bonds. The third-order valence-corrected chi connectivity index (χ3v) is 4.16. The molecule has 0 aliphatic rings. The predicted octanol–water partition coefficient (Wildman–Crippen LogP) is -5.15. The van der Waals surface area contributed by atoms with E-state index < -0.39 is 97.4 Å². The van der Waals surface area contributed by atoms with Crippen molar-refractivity contribution in [3.63, 3.8) is 0 Å².